The van der Waals surface area contributed by atoms with Gasteiger partial charge in [-0.25, -0.2) is 9.18 Å². The summed E-state index contributed by atoms with van der Waals surface area (Å²) < 4.78 is 23.8. The molecule has 2 heterocycles. The monoisotopic (exact) mass is 437 g/mol. The third kappa shape index (κ3) is 4.72. The van der Waals surface area contributed by atoms with E-state index in [4.69, 9.17) is 9.47 Å². The minimum absolute atomic E-state index is 0.206. The lowest BCUT2D eigenvalue weighted by Gasteiger charge is -2.35. The number of carbonyl (C=O) groups excluding carboxylic acids is 1. The predicted octanol–water partition coefficient (Wildman–Crippen LogP) is 3.65. The zero-order valence-electron chi connectivity index (χ0n) is 17.9. The second-order valence-corrected chi connectivity index (χ2v) is 7.25. The van der Waals surface area contributed by atoms with Crippen molar-refractivity contribution in [2.75, 3.05) is 50.6 Å². The van der Waals surface area contributed by atoms with Gasteiger partial charge in [0.1, 0.15) is 17.3 Å². The Balaban J connectivity index is 1.38. The molecule has 1 saturated heterocycles. The molecule has 1 N–H and O–H groups in total. The Morgan fingerprint density at radius 3 is 2.31 bits per heavy atom. The van der Waals surface area contributed by atoms with Crippen LogP contribution in [-0.2, 0) is 0 Å². The number of rotatable bonds is 5. The van der Waals surface area contributed by atoms with Gasteiger partial charge in [0.05, 0.1) is 19.9 Å². The number of amides is 2. The van der Waals surface area contributed by atoms with Gasteiger partial charge in [0.25, 0.3) is 0 Å². The van der Waals surface area contributed by atoms with Gasteiger partial charge in [0.2, 0.25) is 0 Å². The highest BCUT2D eigenvalue weighted by Gasteiger charge is 2.22. The van der Waals surface area contributed by atoms with Crippen molar-refractivity contribution in [3.05, 3.63) is 60.4 Å². The summed E-state index contributed by atoms with van der Waals surface area (Å²) >= 11 is 0. The van der Waals surface area contributed by atoms with Crippen LogP contribution >= 0.6 is 0 Å². The molecule has 1 aliphatic rings. The molecule has 0 aliphatic carbocycles. The molecule has 1 aliphatic heterocycles. The summed E-state index contributed by atoms with van der Waals surface area (Å²) in [7, 11) is 3.22. The fraction of sp³-hybridized carbons (Fsp3) is 0.261. The van der Waals surface area contributed by atoms with Crippen LogP contribution in [0.4, 0.5) is 20.7 Å². The van der Waals surface area contributed by atoms with Gasteiger partial charge in [-0.3, -0.25) is 0 Å². The van der Waals surface area contributed by atoms with Crippen molar-refractivity contribution in [2.24, 2.45) is 0 Å². The van der Waals surface area contributed by atoms with Crippen LogP contribution in [0.1, 0.15) is 0 Å². The highest BCUT2D eigenvalue weighted by molar-refractivity contribution is 5.89. The molecule has 0 saturated carbocycles. The van der Waals surface area contributed by atoms with E-state index in [9.17, 15) is 9.18 Å². The van der Waals surface area contributed by atoms with E-state index in [1.807, 2.05) is 30.3 Å². The first-order valence-corrected chi connectivity index (χ1v) is 10.2. The van der Waals surface area contributed by atoms with E-state index in [-0.39, 0.29) is 11.8 Å². The lowest BCUT2D eigenvalue weighted by Crippen LogP contribution is -2.50. The number of carbonyl (C=O) groups is 1. The SMILES string of the molecule is COc1ccc(OC)c(-c2ccc(N3CCN(C(=O)Nc4ccc(F)cc4)CC3)nn2)c1. The summed E-state index contributed by atoms with van der Waals surface area (Å²) in [5, 5.41) is 11.5. The first-order valence-electron chi connectivity index (χ1n) is 10.2. The number of nitrogens with zero attached hydrogens (tertiary/aromatic N) is 4. The number of hydrogen-bond acceptors (Lipinski definition) is 6. The Morgan fingerprint density at radius 2 is 1.69 bits per heavy atom. The molecule has 0 unspecified atom stereocenters. The van der Waals surface area contributed by atoms with E-state index in [1.165, 1.54) is 24.3 Å². The first-order chi connectivity index (χ1) is 15.6. The summed E-state index contributed by atoms with van der Waals surface area (Å²) in [5.74, 6) is 1.80. The molecule has 8 nitrogen and oxygen atoms in total. The summed E-state index contributed by atoms with van der Waals surface area (Å²) in [4.78, 5) is 16.3. The third-order valence-electron chi connectivity index (χ3n) is 5.32. The lowest BCUT2D eigenvalue weighted by atomic mass is 10.1. The zero-order valence-corrected chi connectivity index (χ0v) is 17.9. The maximum atomic E-state index is 13.0. The largest absolute Gasteiger partial charge is 0.497 e. The van der Waals surface area contributed by atoms with E-state index in [0.717, 1.165) is 11.4 Å². The molecule has 32 heavy (non-hydrogen) atoms. The number of hydrogen-bond donors (Lipinski definition) is 1. The highest BCUT2D eigenvalue weighted by Crippen LogP contribution is 2.32. The van der Waals surface area contributed by atoms with E-state index >= 15 is 0 Å². The normalized spacial score (nSPS) is 13.6. The molecule has 0 bridgehead atoms. The average Bonchev–Trinajstić information content (AvgIpc) is 2.85. The summed E-state index contributed by atoms with van der Waals surface area (Å²) in [6.07, 6.45) is 0. The maximum Gasteiger partial charge on any atom is 0.321 e. The molecule has 4 rings (SSSR count). The molecule has 2 amide bonds. The number of aromatic nitrogens is 2. The molecular formula is C23H24FN5O3. The predicted molar refractivity (Wildman–Crippen MR) is 120 cm³/mol. The van der Waals surface area contributed by atoms with Crippen LogP contribution in [0.2, 0.25) is 0 Å². The molecule has 166 valence electrons. The number of piperazine rings is 1. The Bertz CT molecular complexity index is 1070. The quantitative estimate of drug-likeness (QED) is 0.656. The van der Waals surface area contributed by atoms with Crippen molar-refractivity contribution in [2.45, 2.75) is 0 Å². The number of anilines is 2. The maximum absolute atomic E-state index is 13.0. The molecule has 0 atom stereocenters. The fourth-order valence-corrected chi connectivity index (χ4v) is 3.53. The molecule has 0 radical (unpaired) electrons. The Hall–Kier alpha value is -3.88. The van der Waals surface area contributed by atoms with Crippen LogP contribution in [-0.4, -0.2) is 61.5 Å². The Morgan fingerprint density at radius 1 is 0.938 bits per heavy atom. The van der Waals surface area contributed by atoms with Gasteiger partial charge in [-0.15, -0.1) is 10.2 Å². The zero-order chi connectivity index (χ0) is 22.5. The molecular weight excluding hydrogens is 413 g/mol. The third-order valence-corrected chi connectivity index (χ3v) is 5.32. The molecule has 9 heteroatoms. The van der Waals surface area contributed by atoms with E-state index < -0.39 is 0 Å². The van der Waals surface area contributed by atoms with Gasteiger partial charge in [-0.1, -0.05) is 0 Å². The fourth-order valence-electron chi connectivity index (χ4n) is 3.53. The van der Waals surface area contributed by atoms with Gasteiger partial charge in [-0.05, 0) is 54.6 Å². The molecule has 2 aromatic carbocycles. The summed E-state index contributed by atoms with van der Waals surface area (Å²) in [5.41, 5.74) is 2.04. The number of ether oxygens (including phenoxy) is 2. The smallest absolute Gasteiger partial charge is 0.321 e. The lowest BCUT2D eigenvalue weighted by molar-refractivity contribution is 0.208. The molecule has 1 aromatic heterocycles. The first kappa shape index (κ1) is 21.4. The van der Waals surface area contributed by atoms with Gasteiger partial charge in [0, 0.05) is 37.4 Å². The highest BCUT2D eigenvalue weighted by atomic mass is 19.1. The van der Waals surface area contributed by atoms with E-state index in [1.54, 1.807) is 19.1 Å². The van der Waals surface area contributed by atoms with Crippen LogP contribution in [0.15, 0.2) is 54.6 Å². The second kappa shape index (κ2) is 9.51. The van der Waals surface area contributed by atoms with Crippen LogP contribution in [0.25, 0.3) is 11.3 Å². The van der Waals surface area contributed by atoms with Gasteiger partial charge in [-0.2, -0.15) is 0 Å². The topological polar surface area (TPSA) is 79.8 Å². The second-order valence-electron chi connectivity index (χ2n) is 7.25. The molecule has 3 aromatic rings. The Kier molecular flexibility index (Phi) is 6.34. The van der Waals surface area contributed by atoms with E-state index in [0.29, 0.717) is 49.1 Å². The van der Waals surface area contributed by atoms with Gasteiger partial charge < -0.3 is 24.6 Å². The van der Waals surface area contributed by atoms with Crippen LogP contribution < -0.4 is 19.7 Å². The van der Waals surface area contributed by atoms with Crippen LogP contribution in [0.5, 0.6) is 11.5 Å². The van der Waals surface area contributed by atoms with Crippen molar-refractivity contribution >= 4 is 17.5 Å². The number of methoxy groups -OCH3 is 2. The minimum atomic E-state index is -0.339. The van der Waals surface area contributed by atoms with Crippen molar-refractivity contribution < 1.29 is 18.7 Å². The molecule has 1 fully saturated rings. The van der Waals surface area contributed by atoms with Crippen molar-refractivity contribution in [3.8, 4) is 22.8 Å². The van der Waals surface area contributed by atoms with E-state index in [2.05, 4.69) is 20.4 Å². The molecule has 0 spiro atoms. The summed E-state index contributed by atoms with van der Waals surface area (Å²) in [6, 6.07) is 14.8. The standard InChI is InChI=1S/C23H24FN5O3/c1-31-18-7-9-21(32-2)19(15-18)20-8-10-22(27-26-20)28-11-13-29(14-12-28)23(30)25-17-5-3-16(24)4-6-17/h3-10,15H,11-14H2,1-2H3,(H,25,30). The number of benzene rings is 2. The van der Waals surface area contributed by atoms with Crippen LogP contribution in [0, 0.1) is 5.82 Å². The summed E-state index contributed by atoms with van der Waals surface area (Å²) in [6.45, 7) is 2.35. The Labute approximate surface area is 185 Å². The van der Waals surface area contributed by atoms with Crippen molar-refractivity contribution in [1.29, 1.82) is 0 Å². The number of halogens is 1. The number of nitrogens with one attached hydrogen (secondary N) is 1. The van der Waals surface area contributed by atoms with Crippen molar-refractivity contribution in [1.82, 2.24) is 15.1 Å². The van der Waals surface area contributed by atoms with Crippen molar-refractivity contribution in [3.63, 3.8) is 0 Å². The average molecular weight is 437 g/mol. The van der Waals surface area contributed by atoms with Gasteiger partial charge >= 0.3 is 6.03 Å². The van der Waals surface area contributed by atoms with Gasteiger partial charge in [0.15, 0.2) is 5.82 Å². The van der Waals surface area contributed by atoms with Crippen LogP contribution in [0.3, 0.4) is 0 Å². The minimum Gasteiger partial charge on any atom is -0.497 e. The number of urea groups is 1.